The van der Waals surface area contributed by atoms with E-state index in [0.717, 1.165) is 59.7 Å². The van der Waals surface area contributed by atoms with Crippen LogP contribution in [-0.2, 0) is 6.54 Å². The first-order chi connectivity index (χ1) is 14.5. The summed E-state index contributed by atoms with van der Waals surface area (Å²) in [6.07, 6.45) is 1.25. The highest BCUT2D eigenvalue weighted by Gasteiger charge is 2.30. The molecule has 0 aliphatic carbocycles. The second-order valence-electron chi connectivity index (χ2n) is 8.15. The molecule has 0 bridgehead atoms. The number of fused-ring (bicyclic) bond motifs is 1. The number of aliphatic hydroxyl groups excluding tert-OH is 1. The maximum Gasteiger partial charge on any atom is 0.156 e. The lowest BCUT2D eigenvalue weighted by Gasteiger charge is -2.39. The van der Waals surface area contributed by atoms with Crippen LogP contribution in [0, 0.1) is 6.92 Å². The van der Waals surface area contributed by atoms with E-state index in [4.69, 9.17) is 17.7 Å². The standard InChI is InChI=1S/C23H29BN4O2/c1-15-12-16(4-7-21(15)30-3)14-25-22-20-13-17(24)5-6-19(20)23(26-27(22)2)28-10-8-18(29)9-11-28/h4-7,12-13,18,22,25,29H,8-11,14H2,1-3H3. The molecule has 0 saturated carbocycles. The number of piperidine rings is 1. The Labute approximate surface area is 179 Å². The Hall–Kier alpha value is -2.51. The number of nitrogens with zero attached hydrogens (tertiary/aromatic N) is 3. The minimum absolute atomic E-state index is 0.0787. The molecular weight excluding hydrogens is 375 g/mol. The first kappa shape index (κ1) is 20.8. The summed E-state index contributed by atoms with van der Waals surface area (Å²) in [5.41, 5.74) is 5.27. The number of hydrogen-bond acceptors (Lipinski definition) is 6. The largest absolute Gasteiger partial charge is 0.496 e. The molecule has 2 aliphatic rings. The van der Waals surface area contributed by atoms with Gasteiger partial charge in [0, 0.05) is 37.8 Å². The van der Waals surface area contributed by atoms with Gasteiger partial charge in [0.15, 0.2) is 5.84 Å². The van der Waals surface area contributed by atoms with Crippen molar-refractivity contribution < 1.29 is 9.84 Å². The molecule has 2 radical (unpaired) electrons. The Balaban J connectivity index is 1.58. The maximum absolute atomic E-state index is 9.87. The summed E-state index contributed by atoms with van der Waals surface area (Å²) in [5.74, 6) is 1.85. The van der Waals surface area contributed by atoms with Crippen LogP contribution in [0.5, 0.6) is 5.75 Å². The number of amidine groups is 1. The van der Waals surface area contributed by atoms with Gasteiger partial charge in [-0.15, -0.1) is 0 Å². The molecule has 7 heteroatoms. The van der Waals surface area contributed by atoms with Crippen LogP contribution in [-0.4, -0.2) is 62.0 Å². The van der Waals surface area contributed by atoms with Crippen LogP contribution in [0.15, 0.2) is 41.5 Å². The van der Waals surface area contributed by atoms with Gasteiger partial charge in [-0.05, 0) is 37.0 Å². The minimum Gasteiger partial charge on any atom is -0.496 e. The van der Waals surface area contributed by atoms with Gasteiger partial charge >= 0.3 is 0 Å². The Morgan fingerprint density at radius 2 is 1.97 bits per heavy atom. The topological polar surface area (TPSA) is 60.3 Å². The van der Waals surface area contributed by atoms with E-state index < -0.39 is 0 Å². The third-order valence-electron chi connectivity index (χ3n) is 5.96. The highest BCUT2D eigenvalue weighted by Crippen LogP contribution is 2.29. The second kappa shape index (κ2) is 8.70. The van der Waals surface area contributed by atoms with Crippen molar-refractivity contribution in [3.05, 3.63) is 58.7 Å². The fraction of sp³-hybridized carbons (Fsp3) is 0.435. The molecule has 4 rings (SSSR count). The summed E-state index contributed by atoms with van der Waals surface area (Å²) in [7, 11) is 9.82. The summed E-state index contributed by atoms with van der Waals surface area (Å²) >= 11 is 0. The quantitative estimate of drug-likeness (QED) is 0.760. The van der Waals surface area contributed by atoms with Gasteiger partial charge in [0.2, 0.25) is 0 Å². The lowest BCUT2D eigenvalue weighted by Crippen LogP contribution is -2.46. The molecular formula is C23H29BN4O2. The van der Waals surface area contributed by atoms with Gasteiger partial charge in [-0.25, -0.2) is 0 Å². The zero-order chi connectivity index (χ0) is 21.3. The van der Waals surface area contributed by atoms with Gasteiger partial charge in [0.05, 0.1) is 13.2 Å². The molecule has 2 N–H and O–H groups in total. The van der Waals surface area contributed by atoms with Crippen molar-refractivity contribution in [2.45, 2.75) is 38.6 Å². The molecule has 0 spiro atoms. The van der Waals surface area contributed by atoms with E-state index in [2.05, 4.69) is 35.3 Å². The first-order valence-electron chi connectivity index (χ1n) is 10.5. The highest BCUT2D eigenvalue weighted by atomic mass is 16.5. The molecule has 6 nitrogen and oxygen atoms in total. The summed E-state index contributed by atoms with van der Waals surface area (Å²) in [4.78, 5) is 2.27. The normalized spacial score (nSPS) is 19.5. The van der Waals surface area contributed by atoms with Crippen molar-refractivity contribution in [3.63, 3.8) is 0 Å². The summed E-state index contributed by atoms with van der Waals surface area (Å²) < 4.78 is 5.37. The average Bonchev–Trinajstić information content (AvgIpc) is 2.73. The van der Waals surface area contributed by atoms with E-state index in [-0.39, 0.29) is 12.3 Å². The van der Waals surface area contributed by atoms with Crippen LogP contribution in [0.1, 0.15) is 41.3 Å². The third kappa shape index (κ3) is 4.18. The third-order valence-corrected chi connectivity index (χ3v) is 5.96. The van der Waals surface area contributed by atoms with Crippen molar-refractivity contribution in [2.24, 2.45) is 5.10 Å². The second-order valence-corrected chi connectivity index (χ2v) is 8.15. The van der Waals surface area contributed by atoms with E-state index in [1.165, 1.54) is 5.56 Å². The van der Waals surface area contributed by atoms with Crippen LogP contribution in [0.2, 0.25) is 0 Å². The smallest absolute Gasteiger partial charge is 0.156 e. The number of hydrazone groups is 1. The minimum atomic E-state index is -0.212. The van der Waals surface area contributed by atoms with Gasteiger partial charge in [0.25, 0.3) is 0 Å². The summed E-state index contributed by atoms with van der Waals surface area (Å²) in [5, 5.41) is 20.4. The zero-order valence-electron chi connectivity index (χ0n) is 17.9. The zero-order valence-corrected chi connectivity index (χ0v) is 17.9. The van der Waals surface area contributed by atoms with Crippen LogP contribution >= 0.6 is 0 Å². The fourth-order valence-electron chi connectivity index (χ4n) is 4.29. The Morgan fingerprint density at radius 1 is 1.20 bits per heavy atom. The van der Waals surface area contributed by atoms with Gasteiger partial charge in [-0.2, -0.15) is 5.10 Å². The van der Waals surface area contributed by atoms with E-state index >= 15 is 0 Å². The van der Waals surface area contributed by atoms with Crippen molar-refractivity contribution >= 4 is 19.1 Å². The Kier molecular flexibility index (Phi) is 6.02. The summed E-state index contributed by atoms with van der Waals surface area (Å²) in [6, 6.07) is 12.3. The molecule has 1 unspecified atom stereocenters. The lowest BCUT2D eigenvalue weighted by atomic mass is 9.89. The van der Waals surface area contributed by atoms with Gasteiger partial charge in [-0.1, -0.05) is 35.8 Å². The molecule has 0 aromatic heterocycles. The van der Waals surface area contributed by atoms with Gasteiger partial charge in [-0.3, -0.25) is 10.3 Å². The first-order valence-corrected chi connectivity index (χ1v) is 10.5. The SMILES string of the molecule is [B]c1ccc2c(c1)C(NCc1ccc(OC)c(C)c1)N(C)N=C2N1CCC(O)CC1. The average molecular weight is 404 g/mol. The number of aryl methyl sites for hydroxylation is 1. The molecule has 30 heavy (non-hydrogen) atoms. The van der Waals surface area contributed by atoms with Crippen LogP contribution in [0.4, 0.5) is 0 Å². The molecule has 1 atom stereocenters. The van der Waals surface area contributed by atoms with Crippen LogP contribution in [0.3, 0.4) is 0 Å². The molecule has 2 heterocycles. The number of rotatable bonds is 4. The monoisotopic (exact) mass is 404 g/mol. The maximum atomic E-state index is 9.87. The van der Waals surface area contributed by atoms with Crippen LogP contribution in [0.25, 0.3) is 0 Å². The van der Waals surface area contributed by atoms with Crippen molar-refractivity contribution in [1.29, 1.82) is 0 Å². The lowest BCUT2D eigenvalue weighted by molar-refractivity contribution is 0.107. The molecule has 2 aliphatic heterocycles. The fourth-order valence-corrected chi connectivity index (χ4v) is 4.29. The number of benzene rings is 2. The molecule has 1 fully saturated rings. The molecule has 0 amide bonds. The van der Waals surface area contributed by atoms with E-state index in [1.54, 1.807) is 7.11 Å². The van der Waals surface area contributed by atoms with E-state index in [9.17, 15) is 5.11 Å². The number of likely N-dealkylation sites (tertiary alicyclic amines) is 1. The molecule has 2 aromatic rings. The van der Waals surface area contributed by atoms with Crippen molar-refractivity contribution in [1.82, 2.24) is 15.2 Å². The van der Waals surface area contributed by atoms with E-state index in [1.807, 2.05) is 30.3 Å². The van der Waals surface area contributed by atoms with Crippen molar-refractivity contribution in [2.75, 3.05) is 27.2 Å². The number of methoxy groups -OCH3 is 1. The summed E-state index contributed by atoms with van der Waals surface area (Å²) in [6.45, 7) is 4.37. The Bertz CT molecular complexity index is 941. The van der Waals surface area contributed by atoms with Crippen molar-refractivity contribution in [3.8, 4) is 5.75 Å². The predicted molar refractivity (Wildman–Crippen MR) is 120 cm³/mol. The van der Waals surface area contributed by atoms with E-state index in [0.29, 0.717) is 6.54 Å². The predicted octanol–water partition coefficient (Wildman–Crippen LogP) is 1.65. The highest BCUT2D eigenvalue weighted by molar-refractivity contribution is 6.32. The molecule has 1 saturated heterocycles. The Morgan fingerprint density at radius 3 is 2.67 bits per heavy atom. The van der Waals surface area contributed by atoms with Gasteiger partial charge in [0.1, 0.15) is 19.8 Å². The number of nitrogens with one attached hydrogen (secondary N) is 1. The van der Waals surface area contributed by atoms with Gasteiger partial charge < -0.3 is 14.7 Å². The molecule has 2 aromatic carbocycles. The number of aliphatic hydroxyl groups is 1. The number of ether oxygens (including phenoxy) is 1. The number of hydrogen-bond donors (Lipinski definition) is 2. The van der Waals surface area contributed by atoms with Crippen LogP contribution < -0.4 is 15.5 Å². The molecule has 156 valence electrons.